The summed E-state index contributed by atoms with van der Waals surface area (Å²) in [5.41, 5.74) is 9.65. The van der Waals surface area contributed by atoms with Crippen molar-refractivity contribution in [3.63, 3.8) is 0 Å². The van der Waals surface area contributed by atoms with Crippen LogP contribution in [0.15, 0.2) is 54.9 Å². The van der Waals surface area contributed by atoms with Crippen LogP contribution < -0.4 is 28.5 Å². The molecule has 0 spiro atoms. The van der Waals surface area contributed by atoms with Gasteiger partial charge in [0, 0.05) is 27.8 Å². The molecule has 0 saturated heterocycles. The highest BCUT2D eigenvalue weighted by molar-refractivity contribution is 5.62. The van der Waals surface area contributed by atoms with Gasteiger partial charge in [-0.15, -0.1) is 0 Å². The molecule has 2 aromatic carbocycles. The number of para-hydroxylation sites is 2. The average Bonchev–Trinajstić information content (AvgIpc) is 3.21. The molecule has 38 heavy (non-hydrogen) atoms. The van der Waals surface area contributed by atoms with Crippen molar-refractivity contribution in [3.05, 3.63) is 82.9 Å². The van der Waals surface area contributed by atoms with Gasteiger partial charge in [-0.25, -0.2) is 0 Å². The second-order valence-electron chi connectivity index (χ2n) is 12.7. The smallest absolute Gasteiger partial charge is 0.294 e. The summed E-state index contributed by atoms with van der Waals surface area (Å²) in [5.74, 6) is 2.98. The first-order chi connectivity index (χ1) is 16.7. The molecule has 0 bridgehead atoms. The van der Waals surface area contributed by atoms with E-state index in [0.717, 1.165) is 0 Å². The Labute approximate surface area is 251 Å². The summed E-state index contributed by atoms with van der Waals surface area (Å²) in [7, 11) is 0. The quantitative estimate of drug-likeness (QED) is 0.191. The summed E-state index contributed by atoms with van der Waals surface area (Å²) in [6.45, 7) is 27.6. The van der Waals surface area contributed by atoms with E-state index in [0.29, 0.717) is 23.7 Å². The van der Waals surface area contributed by atoms with E-state index in [1.165, 1.54) is 45.0 Å². The van der Waals surface area contributed by atoms with E-state index in [9.17, 15) is 0 Å². The summed E-state index contributed by atoms with van der Waals surface area (Å²) in [6.07, 6.45) is 7.02. The highest BCUT2D eigenvalue weighted by Gasteiger charge is 2.31. The number of rotatable bonds is 7. The molecule has 0 aliphatic heterocycles. The Morgan fingerprint density at radius 3 is 1.50 bits per heavy atom. The Hall–Kier alpha value is -1.88. The molecule has 2 nitrogen and oxygen atoms in total. The van der Waals surface area contributed by atoms with Crippen LogP contribution in [-0.2, 0) is 0 Å². The van der Waals surface area contributed by atoms with Gasteiger partial charge >= 0.3 is 0 Å². The second kappa shape index (κ2) is 13.5. The van der Waals surface area contributed by atoms with Crippen LogP contribution in [-0.4, -0.2) is 4.57 Å². The molecule has 0 fully saturated rings. The molecule has 0 aliphatic carbocycles. The Morgan fingerprint density at radius 1 is 0.737 bits per heavy atom. The molecule has 0 radical (unpaired) electrons. The zero-order valence-electron chi connectivity index (χ0n) is 25.3. The second-order valence-corrected chi connectivity index (χ2v) is 12.7. The van der Waals surface area contributed by atoms with Gasteiger partial charge in [0.15, 0.2) is 0 Å². The fourth-order valence-corrected chi connectivity index (χ4v) is 5.43. The van der Waals surface area contributed by atoms with Crippen molar-refractivity contribution in [1.82, 2.24) is 4.57 Å². The Bertz CT molecular complexity index is 1100. The lowest BCUT2D eigenvalue weighted by molar-refractivity contribution is -0.598. The zero-order chi connectivity index (χ0) is 26.9. The van der Waals surface area contributed by atoms with Crippen LogP contribution in [0.1, 0.15) is 142 Å². The molecule has 0 N–H and O–H groups in total. The van der Waals surface area contributed by atoms with E-state index in [1.807, 2.05) is 0 Å². The summed E-state index contributed by atoms with van der Waals surface area (Å²) in [6, 6.07) is 13.7. The number of imidazole rings is 1. The molecule has 3 aromatic rings. The van der Waals surface area contributed by atoms with Crippen LogP contribution in [0.5, 0.6) is 0 Å². The molecule has 0 unspecified atom stereocenters. The Morgan fingerprint density at radius 2 is 1.13 bits per heavy atom. The van der Waals surface area contributed by atoms with E-state index in [2.05, 4.69) is 147 Å². The largest absolute Gasteiger partial charge is 1.00 e. The van der Waals surface area contributed by atoms with Crippen LogP contribution in [0.25, 0.3) is 16.9 Å². The van der Waals surface area contributed by atoms with Gasteiger partial charge in [-0.2, -0.15) is 9.13 Å². The molecule has 0 amide bonds. The first-order valence-corrected chi connectivity index (χ1v) is 13.8. The van der Waals surface area contributed by atoms with Gasteiger partial charge in [0.1, 0.15) is 23.8 Å². The van der Waals surface area contributed by atoms with Gasteiger partial charge < -0.3 is 24.0 Å². The molecule has 3 rings (SSSR count). The SMILES string of the molecule is C.C/C(=C\C(C)(C)C)c1n(-c2c(C(C)C)cccc2C(C)C)cc[n+]1-c1c(C(C)C)cccc1C(C)C.[I-]. The number of allylic oxidation sites excluding steroid dienone is 2. The molecule has 0 atom stereocenters. The van der Waals surface area contributed by atoms with Crippen molar-refractivity contribution in [2.75, 3.05) is 0 Å². The van der Waals surface area contributed by atoms with E-state index in [4.69, 9.17) is 0 Å². The van der Waals surface area contributed by atoms with Crippen molar-refractivity contribution in [2.24, 2.45) is 5.41 Å². The molecule has 1 aromatic heterocycles. The number of nitrogens with zero attached hydrogens (tertiary/aromatic N) is 2. The third-order valence-corrected chi connectivity index (χ3v) is 6.99. The zero-order valence-corrected chi connectivity index (χ0v) is 27.4. The molecular formula is C35H53IN2. The van der Waals surface area contributed by atoms with E-state index >= 15 is 0 Å². The van der Waals surface area contributed by atoms with Gasteiger partial charge in [-0.05, 0) is 36.0 Å². The molecule has 0 aliphatic rings. The monoisotopic (exact) mass is 628 g/mol. The summed E-state index contributed by atoms with van der Waals surface area (Å²) < 4.78 is 4.95. The number of aromatic nitrogens is 2. The van der Waals surface area contributed by atoms with Crippen LogP contribution in [0.4, 0.5) is 0 Å². The fraction of sp³-hybridized carbons (Fsp3) is 0.514. The summed E-state index contributed by atoms with van der Waals surface area (Å²) in [5, 5.41) is 0. The minimum absolute atomic E-state index is 0. The Balaban J connectivity index is 0.00000361. The lowest BCUT2D eigenvalue weighted by atomic mass is 9.91. The maximum Gasteiger partial charge on any atom is 0.294 e. The minimum Gasteiger partial charge on any atom is -1.00 e. The third-order valence-electron chi connectivity index (χ3n) is 6.99. The highest BCUT2D eigenvalue weighted by atomic mass is 127. The van der Waals surface area contributed by atoms with Gasteiger partial charge in [0.05, 0.1) is 0 Å². The maximum atomic E-state index is 2.48. The summed E-state index contributed by atoms with van der Waals surface area (Å²) in [4.78, 5) is 0. The van der Waals surface area contributed by atoms with E-state index < -0.39 is 0 Å². The minimum atomic E-state index is 0. The number of hydrogen-bond acceptors (Lipinski definition) is 0. The van der Waals surface area contributed by atoms with Crippen LogP contribution in [0.2, 0.25) is 0 Å². The summed E-state index contributed by atoms with van der Waals surface area (Å²) >= 11 is 0. The molecular weight excluding hydrogens is 575 g/mol. The van der Waals surface area contributed by atoms with Crippen LogP contribution in [0.3, 0.4) is 0 Å². The van der Waals surface area contributed by atoms with Crippen LogP contribution >= 0.6 is 0 Å². The van der Waals surface area contributed by atoms with E-state index in [-0.39, 0.29) is 36.8 Å². The molecule has 210 valence electrons. The standard InChI is InChI=1S/C34H49N2.CH4.HI/c1-22(2)27-15-13-16-28(23(3)4)31(27)35-19-20-36(33(35)26(9)21-34(10,11)12)32-29(24(5)6)17-14-18-30(32)25(7)8;;/h13-25H,1-12H3;1H4;1H/q+1;;/p-1/b26-21+;;. The molecule has 3 heteroatoms. The lowest BCUT2D eigenvalue weighted by Gasteiger charge is -2.21. The van der Waals surface area contributed by atoms with Crippen molar-refractivity contribution in [1.29, 1.82) is 0 Å². The number of benzene rings is 2. The average molecular weight is 629 g/mol. The number of hydrogen-bond donors (Lipinski definition) is 0. The number of halogens is 1. The first kappa shape index (κ1) is 34.1. The van der Waals surface area contributed by atoms with Gasteiger partial charge in [-0.1, -0.05) is 126 Å². The van der Waals surface area contributed by atoms with Gasteiger partial charge in [0.2, 0.25) is 0 Å². The third kappa shape index (κ3) is 7.20. The Kier molecular flexibility index (Phi) is 12.1. The van der Waals surface area contributed by atoms with Gasteiger partial charge in [0.25, 0.3) is 5.82 Å². The van der Waals surface area contributed by atoms with E-state index in [1.54, 1.807) is 0 Å². The lowest BCUT2D eigenvalue weighted by Crippen LogP contribution is -3.00. The normalized spacial score (nSPS) is 12.4. The predicted molar refractivity (Wildman–Crippen MR) is 163 cm³/mol. The maximum absolute atomic E-state index is 2.48. The van der Waals surface area contributed by atoms with Crippen molar-refractivity contribution in [2.45, 2.75) is 114 Å². The van der Waals surface area contributed by atoms with Crippen LogP contribution in [0, 0.1) is 5.41 Å². The molecule has 0 saturated carbocycles. The highest BCUT2D eigenvalue weighted by Crippen LogP contribution is 2.35. The van der Waals surface area contributed by atoms with Crippen molar-refractivity contribution >= 4 is 5.57 Å². The van der Waals surface area contributed by atoms with Gasteiger partial charge in [-0.3, -0.25) is 0 Å². The first-order valence-electron chi connectivity index (χ1n) is 13.8. The predicted octanol–water partition coefficient (Wildman–Crippen LogP) is 7.34. The van der Waals surface area contributed by atoms with Crippen molar-refractivity contribution < 1.29 is 28.5 Å². The fourth-order valence-electron chi connectivity index (χ4n) is 5.43. The van der Waals surface area contributed by atoms with Crippen molar-refractivity contribution in [3.8, 4) is 11.4 Å². The topological polar surface area (TPSA) is 8.81 Å². The molecule has 1 heterocycles.